The topological polar surface area (TPSA) is 58.3 Å². The standard InChI is InChI=1S/C3H9IN2O/c4-6-2-3(7)1-5/h3,6-7H,1-2,5H2. The van der Waals surface area contributed by atoms with Gasteiger partial charge in [-0.15, -0.1) is 0 Å². The highest BCUT2D eigenvalue weighted by atomic mass is 127. The summed E-state index contributed by atoms with van der Waals surface area (Å²) in [5.74, 6) is 0. The first-order chi connectivity index (χ1) is 3.31. The van der Waals surface area contributed by atoms with E-state index in [9.17, 15) is 0 Å². The minimum absolute atomic E-state index is 0.329. The van der Waals surface area contributed by atoms with Crippen LogP contribution in [-0.4, -0.2) is 24.3 Å². The maximum Gasteiger partial charge on any atom is 0.0794 e. The van der Waals surface area contributed by atoms with Gasteiger partial charge in [0.2, 0.25) is 0 Å². The number of nitrogens with one attached hydrogen (secondary N) is 1. The molecule has 0 radical (unpaired) electrons. The third-order valence-electron chi connectivity index (χ3n) is 0.585. The molecule has 3 nitrogen and oxygen atoms in total. The summed E-state index contributed by atoms with van der Waals surface area (Å²) in [6, 6.07) is 0. The summed E-state index contributed by atoms with van der Waals surface area (Å²) >= 11 is 1.96. The molecule has 1 unspecified atom stereocenters. The second kappa shape index (κ2) is 4.76. The molecule has 0 bridgehead atoms. The molecule has 0 aliphatic carbocycles. The summed E-state index contributed by atoms with van der Waals surface area (Å²) in [7, 11) is 0. The summed E-state index contributed by atoms with van der Waals surface area (Å²) in [4.78, 5) is 0. The van der Waals surface area contributed by atoms with E-state index in [4.69, 9.17) is 10.8 Å². The first-order valence-corrected chi connectivity index (χ1v) is 3.10. The molecule has 44 valence electrons. The molecule has 0 spiro atoms. The molecule has 0 aromatic carbocycles. The molecule has 0 heterocycles. The Hall–Kier alpha value is 0.610. The number of rotatable bonds is 3. The summed E-state index contributed by atoms with van der Waals surface area (Å²) in [5, 5.41) is 8.67. The van der Waals surface area contributed by atoms with Crippen LogP contribution in [0.15, 0.2) is 0 Å². The number of hydrogen-bond donors (Lipinski definition) is 3. The van der Waals surface area contributed by atoms with Crippen molar-refractivity contribution in [1.82, 2.24) is 3.53 Å². The van der Waals surface area contributed by atoms with Crippen molar-refractivity contribution in [3.63, 3.8) is 0 Å². The highest BCUT2D eigenvalue weighted by Crippen LogP contribution is 1.76. The molecule has 0 aliphatic rings. The number of hydrogen-bond acceptors (Lipinski definition) is 3. The van der Waals surface area contributed by atoms with Crippen LogP contribution in [0, 0.1) is 0 Å². The van der Waals surface area contributed by atoms with Gasteiger partial charge in [-0.2, -0.15) is 0 Å². The van der Waals surface area contributed by atoms with Crippen LogP contribution in [0.3, 0.4) is 0 Å². The zero-order chi connectivity index (χ0) is 5.70. The maximum atomic E-state index is 8.67. The van der Waals surface area contributed by atoms with Crippen molar-refractivity contribution >= 4 is 22.9 Å². The molecule has 0 aromatic rings. The molecule has 0 aromatic heterocycles. The number of halogens is 1. The van der Waals surface area contributed by atoms with Crippen molar-refractivity contribution in [2.45, 2.75) is 6.10 Å². The fourth-order valence-electron chi connectivity index (χ4n) is 0.172. The van der Waals surface area contributed by atoms with Crippen molar-refractivity contribution in [2.75, 3.05) is 13.1 Å². The molecule has 7 heavy (non-hydrogen) atoms. The molecular weight excluding hydrogens is 207 g/mol. The Balaban J connectivity index is 2.83. The monoisotopic (exact) mass is 216 g/mol. The van der Waals surface area contributed by atoms with Crippen LogP contribution in [0.4, 0.5) is 0 Å². The molecule has 1 atom stereocenters. The predicted molar refractivity (Wildman–Crippen MR) is 37.1 cm³/mol. The molecule has 0 saturated carbocycles. The first-order valence-electron chi connectivity index (χ1n) is 2.03. The van der Waals surface area contributed by atoms with Gasteiger partial charge >= 0.3 is 0 Å². The summed E-state index contributed by atoms with van der Waals surface area (Å²) in [5.41, 5.74) is 5.06. The second-order valence-electron chi connectivity index (χ2n) is 1.23. The van der Waals surface area contributed by atoms with Crippen LogP contribution in [0.1, 0.15) is 0 Å². The summed E-state index contributed by atoms with van der Waals surface area (Å²) in [6.45, 7) is 0.896. The Morgan fingerprint density at radius 3 is 2.57 bits per heavy atom. The first kappa shape index (κ1) is 7.61. The largest absolute Gasteiger partial charge is 0.390 e. The van der Waals surface area contributed by atoms with Gasteiger partial charge in [-0.1, -0.05) is 0 Å². The molecule has 4 N–H and O–H groups in total. The van der Waals surface area contributed by atoms with Crippen molar-refractivity contribution in [1.29, 1.82) is 0 Å². The van der Waals surface area contributed by atoms with E-state index in [1.807, 2.05) is 22.9 Å². The third kappa shape index (κ3) is 4.46. The lowest BCUT2D eigenvalue weighted by Gasteiger charge is -2.02. The van der Waals surface area contributed by atoms with Crippen LogP contribution in [0.25, 0.3) is 0 Å². The Labute approximate surface area is 56.8 Å². The quantitative estimate of drug-likeness (QED) is 0.429. The van der Waals surface area contributed by atoms with Crippen LogP contribution in [0.2, 0.25) is 0 Å². The lowest BCUT2D eigenvalue weighted by molar-refractivity contribution is 0.189. The molecular formula is C3H9IN2O. The lowest BCUT2D eigenvalue weighted by Crippen LogP contribution is -2.28. The van der Waals surface area contributed by atoms with Gasteiger partial charge in [0, 0.05) is 36.0 Å². The van der Waals surface area contributed by atoms with E-state index in [0.29, 0.717) is 13.1 Å². The maximum absolute atomic E-state index is 8.67. The van der Waals surface area contributed by atoms with Gasteiger partial charge in [0.1, 0.15) is 0 Å². The van der Waals surface area contributed by atoms with E-state index in [2.05, 4.69) is 3.53 Å². The number of nitrogens with two attached hydrogens (primary N) is 1. The Kier molecular flexibility index (Phi) is 5.18. The van der Waals surface area contributed by atoms with E-state index in [-0.39, 0.29) is 0 Å². The fraction of sp³-hybridized carbons (Fsp3) is 1.00. The summed E-state index contributed by atoms with van der Waals surface area (Å²) in [6.07, 6.45) is -0.392. The van der Waals surface area contributed by atoms with E-state index in [1.165, 1.54) is 0 Å². The van der Waals surface area contributed by atoms with Gasteiger partial charge in [0.15, 0.2) is 0 Å². The molecule has 0 rings (SSSR count). The minimum atomic E-state index is -0.392. The lowest BCUT2D eigenvalue weighted by atomic mass is 10.4. The predicted octanol–water partition coefficient (Wildman–Crippen LogP) is -0.754. The van der Waals surface area contributed by atoms with Crippen LogP contribution >= 0.6 is 22.9 Å². The zero-order valence-electron chi connectivity index (χ0n) is 3.89. The zero-order valence-corrected chi connectivity index (χ0v) is 6.05. The van der Waals surface area contributed by atoms with Crippen molar-refractivity contribution < 1.29 is 5.11 Å². The highest BCUT2D eigenvalue weighted by Gasteiger charge is 1.95. The van der Waals surface area contributed by atoms with E-state index in [0.717, 1.165) is 0 Å². The molecule has 0 fully saturated rings. The second-order valence-corrected chi connectivity index (χ2v) is 1.99. The molecule has 0 aliphatic heterocycles. The van der Waals surface area contributed by atoms with Crippen molar-refractivity contribution in [3.8, 4) is 0 Å². The van der Waals surface area contributed by atoms with Crippen LogP contribution < -0.4 is 9.26 Å². The van der Waals surface area contributed by atoms with E-state index < -0.39 is 6.10 Å². The van der Waals surface area contributed by atoms with Gasteiger partial charge in [-0.25, -0.2) is 0 Å². The number of aliphatic hydroxyl groups excluding tert-OH is 1. The van der Waals surface area contributed by atoms with E-state index in [1.54, 1.807) is 0 Å². The SMILES string of the molecule is NCC(O)CNI. The van der Waals surface area contributed by atoms with Gasteiger partial charge < -0.3 is 10.8 Å². The van der Waals surface area contributed by atoms with E-state index >= 15 is 0 Å². The third-order valence-corrected chi connectivity index (χ3v) is 1.03. The Morgan fingerprint density at radius 1 is 1.86 bits per heavy atom. The van der Waals surface area contributed by atoms with Crippen LogP contribution in [-0.2, 0) is 0 Å². The van der Waals surface area contributed by atoms with Crippen molar-refractivity contribution in [2.24, 2.45) is 5.73 Å². The summed E-state index contributed by atoms with van der Waals surface area (Å²) < 4.78 is 2.76. The van der Waals surface area contributed by atoms with Gasteiger partial charge in [0.25, 0.3) is 0 Å². The molecule has 0 saturated heterocycles. The van der Waals surface area contributed by atoms with Crippen LogP contribution in [0.5, 0.6) is 0 Å². The molecule has 4 heteroatoms. The van der Waals surface area contributed by atoms with Gasteiger partial charge in [-0.3, -0.25) is 3.53 Å². The average Bonchev–Trinajstić information content (AvgIpc) is 1.68. The van der Waals surface area contributed by atoms with Gasteiger partial charge in [-0.05, 0) is 0 Å². The fourth-order valence-corrected chi connectivity index (χ4v) is 0.681. The Bertz CT molecular complexity index is 43.9. The number of aliphatic hydroxyl groups is 1. The Morgan fingerprint density at radius 2 is 2.43 bits per heavy atom. The highest BCUT2D eigenvalue weighted by molar-refractivity contribution is 14.1. The molecule has 0 amide bonds. The smallest absolute Gasteiger partial charge is 0.0794 e. The minimum Gasteiger partial charge on any atom is -0.390 e. The average molecular weight is 216 g/mol. The normalized spacial score (nSPS) is 14.1. The van der Waals surface area contributed by atoms with Gasteiger partial charge in [0.05, 0.1) is 6.10 Å². The van der Waals surface area contributed by atoms with Crippen molar-refractivity contribution in [3.05, 3.63) is 0 Å².